The SMILES string of the molecule is CCCC(=O)c1cccn1[C@@H](Cc1ccc(OCCc2nc(-c3ccccc3)oc2C)cc1)C(=O)OC. The lowest BCUT2D eigenvalue weighted by Gasteiger charge is -2.19. The van der Waals surface area contributed by atoms with Gasteiger partial charge in [0.2, 0.25) is 5.89 Å². The fraction of sp³-hybridized carbons (Fsp3) is 0.300. The summed E-state index contributed by atoms with van der Waals surface area (Å²) in [6.45, 7) is 4.33. The van der Waals surface area contributed by atoms with Gasteiger partial charge in [0.15, 0.2) is 5.78 Å². The van der Waals surface area contributed by atoms with Gasteiger partial charge in [0, 0.05) is 31.0 Å². The summed E-state index contributed by atoms with van der Waals surface area (Å²) in [7, 11) is 1.36. The predicted molar refractivity (Wildman–Crippen MR) is 141 cm³/mol. The van der Waals surface area contributed by atoms with Crippen molar-refractivity contribution in [1.29, 1.82) is 0 Å². The van der Waals surface area contributed by atoms with Crippen LogP contribution in [-0.2, 0) is 22.4 Å². The molecule has 4 rings (SSSR count). The molecule has 0 saturated heterocycles. The molecule has 0 aliphatic heterocycles. The maximum atomic E-state index is 12.6. The number of hydrogen-bond acceptors (Lipinski definition) is 6. The highest BCUT2D eigenvalue weighted by atomic mass is 16.5. The van der Waals surface area contributed by atoms with Gasteiger partial charge in [-0.2, -0.15) is 0 Å². The summed E-state index contributed by atoms with van der Waals surface area (Å²) < 4.78 is 18.5. The number of rotatable bonds is 12. The number of carbonyl (C=O) groups excluding carboxylic acids is 2. The molecule has 0 bridgehead atoms. The second-order valence-electron chi connectivity index (χ2n) is 8.85. The molecule has 7 heteroatoms. The molecule has 4 aromatic rings. The number of ketones is 1. The molecule has 2 aromatic carbocycles. The first-order valence-corrected chi connectivity index (χ1v) is 12.5. The minimum Gasteiger partial charge on any atom is -0.493 e. The average molecular weight is 501 g/mol. The smallest absolute Gasteiger partial charge is 0.329 e. The van der Waals surface area contributed by atoms with E-state index >= 15 is 0 Å². The molecule has 0 aliphatic rings. The Bertz CT molecular complexity index is 1320. The third-order valence-electron chi connectivity index (χ3n) is 6.22. The van der Waals surface area contributed by atoms with Gasteiger partial charge in [-0.05, 0) is 55.3 Å². The molecule has 7 nitrogen and oxygen atoms in total. The lowest BCUT2D eigenvalue weighted by atomic mass is 10.0. The van der Waals surface area contributed by atoms with Gasteiger partial charge in [-0.3, -0.25) is 4.79 Å². The fourth-order valence-electron chi connectivity index (χ4n) is 4.26. The zero-order valence-electron chi connectivity index (χ0n) is 21.5. The molecule has 1 atom stereocenters. The van der Waals surface area contributed by atoms with Crippen LogP contribution in [-0.4, -0.2) is 35.0 Å². The third-order valence-corrected chi connectivity index (χ3v) is 6.22. The maximum absolute atomic E-state index is 12.6. The number of methoxy groups -OCH3 is 1. The highest BCUT2D eigenvalue weighted by Crippen LogP contribution is 2.24. The van der Waals surface area contributed by atoms with Crippen molar-refractivity contribution in [3.8, 4) is 17.2 Å². The Morgan fingerprint density at radius 1 is 1.03 bits per heavy atom. The van der Waals surface area contributed by atoms with Gasteiger partial charge >= 0.3 is 5.97 Å². The fourth-order valence-corrected chi connectivity index (χ4v) is 4.26. The molecule has 0 fully saturated rings. The van der Waals surface area contributed by atoms with Gasteiger partial charge in [0.25, 0.3) is 0 Å². The number of aryl methyl sites for hydroxylation is 1. The number of ether oxygens (including phenoxy) is 2. The molecule has 0 spiro atoms. The van der Waals surface area contributed by atoms with Crippen molar-refractivity contribution < 1.29 is 23.5 Å². The number of benzene rings is 2. The highest BCUT2D eigenvalue weighted by molar-refractivity contribution is 5.95. The molecule has 0 radical (unpaired) electrons. The maximum Gasteiger partial charge on any atom is 0.329 e. The van der Waals surface area contributed by atoms with E-state index in [1.54, 1.807) is 22.9 Å². The molecule has 37 heavy (non-hydrogen) atoms. The summed E-state index contributed by atoms with van der Waals surface area (Å²) in [5.74, 6) is 1.75. The van der Waals surface area contributed by atoms with Crippen molar-refractivity contribution >= 4 is 11.8 Å². The topological polar surface area (TPSA) is 83.6 Å². The average Bonchev–Trinajstić information content (AvgIpc) is 3.55. The Morgan fingerprint density at radius 3 is 2.49 bits per heavy atom. The normalized spacial score (nSPS) is 11.8. The molecule has 0 amide bonds. The number of Topliss-reactive ketones (excluding diaryl/α,β-unsaturated/α-hetero) is 1. The van der Waals surface area contributed by atoms with Crippen molar-refractivity contribution in [2.24, 2.45) is 0 Å². The number of aromatic nitrogens is 2. The predicted octanol–water partition coefficient (Wildman–Crippen LogP) is 6.01. The van der Waals surface area contributed by atoms with Gasteiger partial charge in [-0.25, -0.2) is 9.78 Å². The Balaban J connectivity index is 1.38. The van der Waals surface area contributed by atoms with Crippen LogP contribution in [0, 0.1) is 6.92 Å². The van der Waals surface area contributed by atoms with Crippen LogP contribution in [0.15, 0.2) is 77.3 Å². The second-order valence-corrected chi connectivity index (χ2v) is 8.85. The Hall–Kier alpha value is -4.13. The van der Waals surface area contributed by atoms with Crippen LogP contribution in [0.2, 0.25) is 0 Å². The van der Waals surface area contributed by atoms with Crippen LogP contribution < -0.4 is 4.74 Å². The Morgan fingerprint density at radius 2 is 1.78 bits per heavy atom. The number of nitrogens with zero attached hydrogens (tertiary/aromatic N) is 2. The second kappa shape index (κ2) is 12.2. The van der Waals surface area contributed by atoms with E-state index in [0.29, 0.717) is 37.5 Å². The third kappa shape index (κ3) is 6.36. The molecule has 0 saturated carbocycles. The van der Waals surface area contributed by atoms with Gasteiger partial charge in [0.05, 0.1) is 25.1 Å². The van der Waals surface area contributed by atoms with E-state index in [1.807, 2.05) is 68.4 Å². The summed E-state index contributed by atoms with van der Waals surface area (Å²) in [5, 5.41) is 0. The molecular formula is C30H32N2O5. The van der Waals surface area contributed by atoms with Gasteiger partial charge < -0.3 is 18.5 Å². The summed E-state index contributed by atoms with van der Waals surface area (Å²) in [6, 6.07) is 20.3. The largest absolute Gasteiger partial charge is 0.493 e. The number of esters is 1. The van der Waals surface area contributed by atoms with Gasteiger partial charge in [-0.15, -0.1) is 0 Å². The summed E-state index contributed by atoms with van der Waals surface area (Å²) >= 11 is 0. The minimum atomic E-state index is -0.628. The van der Waals surface area contributed by atoms with E-state index in [2.05, 4.69) is 4.98 Å². The lowest BCUT2D eigenvalue weighted by molar-refractivity contribution is -0.144. The van der Waals surface area contributed by atoms with Crippen LogP contribution in [0.1, 0.15) is 53.3 Å². The number of oxazole rings is 1. The first-order chi connectivity index (χ1) is 18.0. The highest BCUT2D eigenvalue weighted by Gasteiger charge is 2.25. The van der Waals surface area contributed by atoms with E-state index < -0.39 is 6.04 Å². The molecule has 0 unspecified atom stereocenters. The monoisotopic (exact) mass is 500 g/mol. The van der Waals surface area contributed by atoms with Crippen molar-refractivity contribution in [2.75, 3.05) is 13.7 Å². The molecular weight excluding hydrogens is 468 g/mol. The van der Waals surface area contributed by atoms with Crippen LogP contribution >= 0.6 is 0 Å². The molecule has 2 heterocycles. The van der Waals surface area contributed by atoms with E-state index in [9.17, 15) is 9.59 Å². The lowest BCUT2D eigenvalue weighted by Crippen LogP contribution is -2.25. The van der Waals surface area contributed by atoms with Crippen LogP contribution in [0.3, 0.4) is 0 Å². The summed E-state index contributed by atoms with van der Waals surface area (Å²) in [5.41, 5.74) is 3.28. The molecule has 192 valence electrons. The number of hydrogen-bond donors (Lipinski definition) is 0. The molecule has 0 aliphatic carbocycles. The molecule has 2 aromatic heterocycles. The van der Waals surface area contributed by atoms with E-state index in [-0.39, 0.29) is 11.8 Å². The van der Waals surface area contributed by atoms with Crippen LogP contribution in [0.4, 0.5) is 0 Å². The van der Waals surface area contributed by atoms with Gasteiger partial charge in [0.1, 0.15) is 17.6 Å². The quantitative estimate of drug-likeness (QED) is 0.175. The van der Waals surface area contributed by atoms with Crippen LogP contribution in [0.5, 0.6) is 5.75 Å². The Labute approximate surface area is 217 Å². The van der Waals surface area contributed by atoms with Crippen LogP contribution in [0.25, 0.3) is 11.5 Å². The van der Waals surface area contributed by atoms with E-state index in [0.717, 1.165) is 34.8 Å². The molecule has 0 N–H and O–H groups in total. The summed E-state index contributed by atoms with van der Waals surface area (Å²) in [4.78, 5) is 29.8. The number of carbonyl (C=O) groups is 2. The van der Waals surface area contributed by atoms with Crippen molar-refractivity contribution in [1.82, 2.24) is 9.55 Å². The first kappa shape index (κ1) is 25.9. The van der Waals surface area contributed by atoms with Gasteiger partial charge in [-0.1, -0.05) is 37.3 Å². The van der Waals surface area contributed by atoms with E-state index in [1.165, 1.54) is 7.11 Å². The van der Waals surface area contributed by atoms with Crippen molar-refractivity contribution in [3.05, 3.63) is 95.6 Å². The summed E-state index contributed by atoms with van der Waals surface area (Å²) in [6.07, 6.45) is 3.96. The standard InChI is InChI=1S/C30H32N2O5/c1-4-9-28(33)26-12-8-18-32(26)27(30(34)35-3)20-22-13-15-24(16-14-22)36-19-17-25-21(2)37-29(31-25)23-10-6-5-7-11-23/h5-8,10-16,18,27H,4,9,17,19-20H2,1-3H3/t27-/m0/s1. The van der Waals surface area contributed by atoms with Crippen molar-refractivity contribution in [3.63, 3.8) is 0 Å². The zero-order valence-corrected chi connectivity index (χ0v) is 21.5. The van der Waals surface area contributed by atoms with E-state index in [4.69, 9.17) is 13.9 Å². The minimum absolute atomic E-state index is 0.0170. The zero-order chi connectivity index (χ0) is 26.2. The first-order valence-electron chi connectivity index (χ1n) is 12.5. The Kier molecular flexibility index (Phi) is 8.56. The van der Waals surface area contributed by atoms with Crippen molar-refractivity contribution in [2.45, 2.75) is 45.6 Å².